The van der Waals surface area contributed by atoms with Gasteiger partial charge in [-0.3, -0.25) is 0 Å². The van der Waals surface area contributed by atoms with Crippen LogP contribution in [0.1, 0.15) is 57.4 Å². The fraction of sp³-hybridized carbons (Fsp3) is 0.696. The maximum atomic E-state index is 11.7. The van der Waals surface area contributed by atoms with Crippen molar-refractivity contribution >= 4 is 33.6 Å². The minimum Gasteiger partial charge on any atom is -0.338 e. The van der Waals surface area contributed by atoms with Gasteiger partial charge in [0.15, 0.2) is 0 Å². The minimum absolute atomic E-state index is 0.0105. The molecule has 1 aromatic carbocycles. The predicted molar refractivity (Wildman–Crippen MR) is 125 cm³/mol. The molecule has 0 unspecified atom stereocenters. The van der Waals surface area contributed by atoms with Gasteiger partial charge in [0.2, 0.25) is 0 Å². The summed E-state index contributed by atoms with van der Waals surface area (Å²) in [6.45, 7) is 6.31. The number of nitrogens with one attached hydrogen (secondary N) is 2. The molecule has 1 saturated heterocycles. The Kier molecular flexibility index (Phi) is 9.13. The summed E-state index contributed by atoms with van der Waals surface area (Å²) in [5, 5.41) is 6.77. The van der Waals surface area contributed by atoms with Crippen LogP contribution in [0.3, 0.4) is 0 Å². The molecule has 0 atom stereocenters. The standard InChI is InChI=1S/C23H35BrClN3O/c1-2-26-23(29)27-21-6-3-17(4-7-21)9-12-28-13-10-18(11-14-28)15-19-16-20(25)5-8-22(19)24/h5,8,16-18,21H,2-4,6-7,9-15H2,1H3,(H2,26,27,29). The van der Waals surface area contributed by atoms with Gasteiger partial charge in [-0.1, -0.05) is 27.5 Å². The fourth-order valence-electron chi connectivity index (χ4n) is 4.78. The van der Waals surface area contributed by atoms with E-state index in [0.717, 1.165) is 36.1 Å². The summed E-state index contributed by atoms with van der Waals surface area (Å²) in [6.07, 6.45) is 9.73. The van der Waals surface area contributed by atoms with Crippen molar-refractivity contribution in [3.63, 3.8) is 0 Å². The smallest absolute Gasteiger partial charge is 0.314 e. The third-order valence-corrected chi connectivity index (χ3v) is 7.61. The van der Waals surface area contributed by atoms with Gasteiger partial charge in [-0.25, -0.2) is 4.79 Å². The molecular weight excluding hydrogens is 450 g/mol. The lowest BCUT2D eigenvalue weighted by Gasteiger charge is -2.34. The van der Waals surface area contributed by atoms with Crippen molar-refractivity contribution in [2.45, 2.75) is 64.3 Å². The number of piperidine rings is 1. The first-order valence-corrected chi connectivity index (χ1v) is 12.4. The van der Waals surface area contributed by atoms with Gasteiger partial charge in [-0.15, -0.1) is 0 Å². The third-order valence-electron chi connectivity index (χ3n) is 6.60. The highest BCUT2D eigenvalue weighted by molar-refractivity contribution is 9.10. The van der Waals surface area contributed by atoms with Crippen molar-refractivity contribution < 1.29 is 4.79 Å². The fourth-order valence-corrected chi connectivity index (χ4v) is 5.39. The molecule has 0 spiro atoms. The molecule has 1 aromatic rings. The van der Waals surface area contributed by atoms with Crippen LogP contribution < -0.4 is 10.6 Å². The number of nitrogens with zero attached hydrogens (tertiary/aromatic N) is 1. The summed E-state index contributed by atoms with van der Waals surface area (Å²) in [6, 6.07) is 6.46. The topological polar surface area (TPSA) is 44.4 Å². The van der Waals surface area contributed by atoms with E-state index in [1.807, 2.05) is 13.0 Å². The van der Waals surface area contributed by atoms with Crippen molar-refractivity contribution in [2.24, 2.45) is 11.8 Å². The van der Waals surface area contributed by atoms with Gasteiger partial charge in [-0.2, -0.15) is 0 Å². The molecule has 0 aromatic heterocycles. The van der Waals surface area contributed by atoms with E-state index < -0.39 is 0 Å². The third kappa shape index (κ3) is 7.45. The largest absolute Gasteiger partial charge is 0.338 e. The van der Waals surface area contributed by atoms with E-state index >= 15 is 0 Å². The van der Waals surface area contributed by atoms with E-state index in [-0.39, 0.29) is 6.03 Å². The summed E-state index contributed by atoms with van der Waals surface area (Å²) < 4.78 is 1.18. The van der Waals surface area contributed by atoms with Crippen LogP contribution in [0.5, 0.6) is 0 Å². The Labute approximate surface area is 189 Å². The number of benzene rings is 1. The summed E-state index contributed by atoms with van der Waals surface area (Å²) in [7, 11) is 0. The Bertz CT molecular complexity index is 656. The molecule has 4 nitrogen and oxygen atoms in total. The molecule has 1 heterocycles. The van der Waals surface area contributed by atoms with Crippen LogP contribution >= 0.6 is 27.5 Å². The van der Waals surface area contributed by atoms with Crippen LogP contribution in [-0.4, -0.2) is 43.2 Å². The van der Waals surface area contributed by atoms with E-state index in [2.05, 4.69) is 43.6 Å². The maximum Gasteiger partial charge on any atom is 0.314 e. The number of carbonyl (C=O) groups is 1. The summed E-state index contributed by atoms with van der Waals surface area (Å²) in [5.41, 5.74) is 1.34. The van der Waals surface area contributed by atoms with Crippen LogP contribution in [0.2, 0.25) is 5.02 Å². The number of likely N-dealkylation sites (tertiary alicyclic amines) is 1. The first-order valence-electron chi connectivity index (χ1n) is 11.2. The second-order valence-corrected chi connectivity index (χ2v) is 10.0. The quantitative estimate of drug-likeness (QED) is 0.527. The molecule has 162 valence electrons. The highest BCUT2D eigenvalue weighted by atomic mass is 79.9. The van der Waals surface area contributed by atoms with Crippen LogP contribution in [-0.2, 0) is 6.42 Å². The Morgan fingerprint density at radius 1 is 1.14 bits per heavy atom. The van der Waals surface area contributed by atoms with Gasteiger partial charge in [0, 0.05) is 22.1 Å². The molecule has 0 bridgehead atoms. The number of halogens is 2. The Morgan fingerprint density at radius 3 is 2.55 bits per heavy atom. The second-order valence-electron chi connectivity index (χ2n) is 8.73. The van der Waals surface area contributed by atoms with Crippen molar-refractivity contribution in [3.05, 3.63) is 33.3 Å². The molecule has 6 heteroatoms. The first-order chi connectivity index (χ1) is 14.0. The van der Waals surface area contributed by atoms with Crippen LogP contribution in [0.4, 0.5) is 4.79 Å². The van der Waals surface area contributed by atoms with Crippen molar-refractivity contribution in [1.82, 2.24) is 15.5 Å². The summed E-state index contributed by atoms with van der Waals surface area (Å²) in [5.74, 6) is 1.58. The van der Waals surface area contributed by atoms with Gasteiger partial charge in [0.25, 0.3) is 0 Å². The number of urea groups is 1. The molecule has 2 amide bonds. The van der Waals surface area contributed by atoms with Crippen LogP contribution in [0, 0.1) is 11.8 Å². The van der Waals surface area contributed by atoms with Crippen molar-refractivity contribution in [2.75, 3.05) is 26.2 Å². The van der Waals surface area contributed by atoms with Gasteiger partial charge >= 0.3 is 6.03 Å². The highest BCUT2D eigenvalue weighted by Crippen LogP contribution is 2.30. The maximum absolute atomic E-state index is 11.7. The second kappa shape index (κ2) is 11.6. The lowest BCUT2D eigenvalue weighted by Crippen LogP contribution is -2.43. The Morgan fingerprint density at radius 2 is 1.86 bits per heavy atom. The van der Waals surface area contributed by atoms with E-state index in [9.17, 15) is 4.79 Å². The lowest BCUT2D eigenvalue weighted by molar-refractivity contribution is 0.163. The lowest BCUT2D eigenvalue weighted by atomic mass is 9.83. The minimum atomic E-state index is -0.0105. The zero-order valence-electron chi connectivity index (χ0n) is 17.6. The van der Waals surface area contributed by atoms with Gasteiger partial charge in [0.05, 0.1) is 0 Å². The predicted octanol–water partition coefficient (Wildman–Crippen LogP) is 5.63. The molecular formula is C23H35BrClN3O. The molecule has 29 heavy (non-hydrogen) atoms. The molecule has 3 rings (SSSR count). The first kappa shape index (κ1) is 22.9. The summed E-state index contributed by atoms with van der Waals surface area (Å²) in [4.78, 5) is 14.3. The van der Waals surface area contributed by atoms with Crippen LogP contribution in [0.15, 0.2) is 22.7 Å². The SMILES string of the molecule is CCNC(=O)NC1CCC(CCN2CCC(Cc3cc(Cl)ccc3Br)CC2)CC1. The molecule has 2 aliphatic rings. The highest BCUT2D eigenvalue weighted by Gasteiger charge is 2.24. The normalized spacial score (nSPS) is 23.7. The number of hydrogen-bond acceptors (Lipinski definition) is 2. The van der Waals surface area contributed by atoms with Gasteiger partial charge < -0.3 is 15.5 Å². The van der Waals surface area contributed by atoms with Gasteiger partial charge in [0.1, 0.15) is 0 Å². The number of amides is 2. The molecule has 2 fully saturated rings. The average Bonchev–Trinajstić information content (AvgIpc) is 2.71. The molecule has 1 saturated carbocycles. The van der Waals surface area contributed by atoms with E-state index in [1.165, 1.54) is 61.8 Å². The Hall–Kier alpha value is -0.780. The van der Waals surface area contributed by atoms with Crippen molar-refractivity contribution in [3.8, 4) is 0 Å². The number of hydrogen-bond donors (Lipinski definition) is 2. The number of rotatable bonds is 7. The molecule has 2 N–H and O–H groups in total. The summed E-state index contributed by atoms with van der Waals surface area (Å²) >= 11 is 9.83. The monoisotopic (exact) mass is 483 g/mol. The molecule has 1 aliphatic carbocycles. The average molecular weight is 485 g/mol. The zero-order chi connectivity index (χ0) is 20.6. The Balaban J connectivity index is 1.31. The molecule has 0 radical (unpaired) electrons. The van der Waals surface area contributed by atoms with Gasteiger partial charge in [-0.05, 0) is 114 Å². The number of carbonyl (C=O) groups excluding carboxylic acids is 1. The van der Waals surface area contributed by atoms with E-state index in [4.69, 9.17) is 11.6 Å². The van der Waals surface area contributed by atoms with Crippen LogP contribution in [0.25, 0.3) is 0 Å². The van der Waals surface area contributed by atoms with E-state index in [1.54, 1.807) is 0 Å². The molecule has 1 aliphatic heterocycles. The zero-order valence-corrected chi connectivity index (χ0v) is 19.9. The van der Waals surface area contributed by atoms with Crippen molar-refractivity contribution in [1.29, 1.82) is 0 Å². The van der Waals surface area contributed by atoms with E-state index in [0.29, 0.717) is 12.6 Å².